The monoisotopic (exact) mass is 250 g/mol. The van der Waals surface area contributed by atoms with Crippen molar-refractivity contribution >= 4 is 34.3 Å². The van der Waals surface area contributed by atoms with Crippen LogP contribution in [-0.2, 0) is 0 Å². The van der Waals surface area contributed by atoms with E-state index in [1.807, 2.05) is 56.2 Å². The Bertz CT molecular complexity index is 551. The maximum atomic E-state index is 5.96. The Kier molecular flexibility index (Phi) is 3.07. The summed E-state index contributed by atoms with van der Waals surface area (Å²) in [5.41, 5.74) is 1.66. The zero-order valence-electron chi connectivity index (χ0n) is 10.4. The zero-order chi connectivity index (χ0) is 12.6. The average Bonchev–Trinajstić information content (AvgIpc) is 2.26. The maximum Gasteiger partial charge on any atom is 0.172 e. The van der Waals surface area contributed by atoms with Gasteiger partial charge in [0.25, 0.3) is 0 Å². The highest BCUT2D eigenvalue weighted by Crippen LogP contribution is 2.26. The van der Waals surface area contributed by atoms with Gasteiger partial charge in [-0.1, -0.05) is 11.6 Å². The number of hydrogen-bond acceptors (Lipinski definition) is 4. The Hall–Kier alpha value is -1.55. The molecule has 0 aliphatic rings. The van der Waals surface area contributed by atoms with Gasteiger partial charge < -0.3 is 9.80 Å². The third-order valence-corrected chi connectivity index (χ3v) is 2.67. The highest BCUT2D eigenvalue weighted by molar-refractivity contribution is 6.31. The Balaban J connectivity index is 2.72. The number of aromatic nitrogens is 2. The summed E-state index contributed by atoms with van der Waals surface area (Å²) in [6.45, 7) is 0. The second-order valence-electron chi connectivity index (χ2n) is 4.29. The van der Waals surface area contributed by atoms with Gasteiger partial charge in [-0.15, -0.1) is 0 Å². The lowest BCUT2D eigenvalue weighted by molar-refractivity contribution is 1.01. The van der Waals surface area contributed by atoms with Gasteiger partial charge in [-0.3, -0.25) is 0 Å². The molecule has 1 heterocycles. The van der Waals surface area contributed by atoms with Gasteiger partial charge in [0.1, 0.15) is 0 Å². The second kappa shape index (κ2) is 4.37. The lowest BCUT2D eigenvalue weighted by Gasteiger charge is -2.20. The van der Waals surface area contributed by atoms with Crippen LogP contribution in [0.25, 0.3) is 11.0 Å². The predicted octanol–water partition coefficient (Wildman–Crippen LogP) is 2.42. The number of hydrogen-bond donors (Lipinski definition) is 0. The fourth-order valence-corrected chi connectivity index (χ4v) is 1.78. The van der Waals surface area contributed by atoms with Crippen molar-refractivity contribution in [3.63, 3.8) is 0 Å². The molecule has 0 bridgehead atoms. The van der Waals surface area contributed by atoms with E-state index in [-0.39, 0.29) is 0 Å². The van der Waals surface area contributed by atoms with Crippen LogP contribution in [0.1, 0.15) is 0 Å². The highest BCUT2D eigenvalue weighted by Gasteiger charge is 2.12. The largest absolute Gasteiger partial charge is 0.360 e. The number of benzene rings is 1. The topological polar surface area (TPSA) is 32.3 Å². The molecule has 2 rings (SSSR count). The minimum atomic E-state index is 0.675. The molecular weight excluding hydrogens is 236 g/mol. The van der Waals surface area contributed by atoms with Crippen molar-refractivity contribution in [3.8, 4) is 0 Å². The molecular formula is C12H15ClN4. The lowest BCUT2D eigenvalue weighted by Crippen LogP contribution is -2.19. The van der Waals surface area contributed by atoms with Crippen LogP contribution in [0.15, 0.2) is 18.2 Å². The van der Waals surface area contributed by atoms with Crippen molar-refractivity contribution in [2.75, 3.05) is 38.0 Å². The summed E-state index contributed by atoms with van der Waals surface area (Å²) in [4.78, 5) is 13.1. The lowest BCUT2D eigenvalue weighted by atomic mass is 10.3. The van der Waals surface area contributed by atoms with Gasteiger partial charge in [0.15, 0.2) is 11.6 Å². The summed E-state index contributed by atoms with van der Waals surface area (Å²) >= 11 is 5.96. The molecule has 0 unspecified atom stereocenters. The molecule has 0 aliphatic carbocycles. The van der Waals surface area contributed by atoms with Gasteiger partial charge >= 0.3 is 0 Å². The minimum Gasteiger partial charge on any atom is -0.360 e. The van der Waals surface area contributed by atoms with Crippen molar-refractivity contribution in [3.05, 3.63) is 23.2 Å². The molecule has 0 atom stereocenters. The van der Waals surface area contributed by atoms with Crippen LogP contribution in [0.3, 0.4) is 0 Å². The third-order valence-electron chi connectivity index (χ3n) is 2.44. The minimum absolute atomic E-state index is 0.675. The molecule has 0 spiro atoms. The van der Waals surface area contributed by atoms with E-state index in [0.29, 0.717) is 5.02 Å². The van der Waals surface area contributed by atoms with E-state index in [2.05, 4.69) is 9.97 Å². The SMILES string of the molecule is CN(C)c1nc2ccc(Cl)cc2nc1N(C)C. The summed E-state index contributed by atoms with van der Waals surface area (Å²) in [5.74, 6) is 1.69. The zero-order valence-corrected chi connectivity index (χ0v) is 11.2. The summed E-state index contributed by atoms with van der Waals surface area (Å²) in [6.07, 6.45) is 0. The quantitative estimate of drug-likeness (QED) is 0.820. The van der Waals surface area contributed by atoms with Crippen LogP contribution in [0.5, 0.6) is 0 Å². The first kappa shape index (κ1) is 11.9. The van der Waals surface area contributed by atoms with E-state index >= 15 is 0 Å². The molecule has 0 aliphatic heterocycles. The molecule has 90 valence electrons. The van der Waals surface area contributed by atoms with Crippen LogP contribution in [-0.4, -0.2) is 38.2 Å². The van der Waals surface area contributed by atoms with E-state index in [9.17, 15) is 0 Å². The molecule has 0 N–H and O–H groups in total. The first-order valence-corrected chi connectivity index (χ1v) is 5.69. The van der Waals surface area contributed by atoms with Gasteiger partial charge in [0.05, 0.1) is 11.0 Å². The van der Waals surface area contributed by atoms with Gasteiger partial charge in [-0.05, 0) is 18.2 Å². The van der Waals surface area contributed by atoms with Crippen LogP contribution >= 0.6 is 11.6 Å². The molecule has 2 aromatic rings. The molecule has 1 aromatic heterocycles. The van der Waals surface area contributed by atoms with Crippen molar-refractivity contribution in [2.45, 2.75) is 0 Å². The smallest absolute Gasteiger partial charge is 0.172 e. The van der Waals surface area contributed by atoms with E-state index in [0.717, 1.165) is 22.7 Å². The molecule has 1 aromatic carbocycles. The third kappa shape index (κ3) is 2.26. The second-order valence-corrected chi connectivity index (χ2v) is 4.73. The maximum absolute atomic E-state index is 5.96. The Morgan fingerprint density at radius 3 is 1.94 bits per heavy atom. The Morgan fingerprint density at radius 1 is 0.882 bits per heavy atom. The van der Waals surface area contributed by atoms with E-state index in [4.69, 9.17) is 11.6 Å². The predicted molar refractivity (Wildman–Crippen MR) is 73.2 cm³/mol. The van der Waals surface area contributed by atoms with Crippen LogP contribution in [0.2, 0.25) is 5.02 Å². The standard InChI is InChI=1S/C12H15ClN4/c1-16(2)11-12(17(3)4)15-10-7-8(13)5-6-9(10)14-11/h5-7H,1-4H3. The molecule has 5 heteroatoms. The molecule has 4 nitrogen and oxygen atoms in total. The van der Waals surface area contributed by atoms with E-state index in [1.165, 1.54) is 0 Å². The molecule has 0 saturated heterocycles. The van der Waals surface area contributed by atoms with Gasteiger partial charge in [-0.2, -0.15) is 0 Å². The number of rotatable bonds is 2. The van der Waals surface area contributed by atoms with Gasteiger partial charge in [0, 0.05) is 33.2 Å². The van der Waals surface area contributed by atoms with Crippen molar-refractivity contribution in [2.24, 2.45) is 0 Å². The number of fused-ring (bicyclic) bond motifs is 1. The number of halogens is 1. The van der Waals surface area contributed by atoms with Crippen molar-refractivity contribution in [1.82, 2.24) is 9.97 Å². The first-order valence-electron chi connectivity index (χ1n) is 5.31. The normalized spacial score (nSPS) is 10.6. The molecule has 0 amide bonds. The summed E-state index contributed by atoms with van der Waals surface area (Å²) in [6, 6.07) is 5.54. The summed E-state index contributed by atoms with van der Waals surface area (Å²) < 4.78 is 0. The molecule has 0 saturated carbocycles. The Labute approximate surface area is 106 Å². The molecule has 17 heavy (non-hydrogen) atoms. The fraction of sp³-hybridized carbons (Fsp3) is 0.333. The molecule has 0 radical (unpaired) electrons. The van der Waals surface area contributed by atoms with E-state index in [1.54, 1.807) is 0 Å². The summed E-state index contributed by atoms with van der Waals surface area (Å²) in [7, 11) is 7.82. The van der Waals surface area contributed by atoms with Crippen LogP contribution < -0.4 is 9.80 Å². The fourth-order valence-electron chi connectivity index (χ4n) is 1.61. The van der Waals surface area contributed by atoms with Crippen molar-refractivity contribution in [1.29, 1.82) is 0 Å². The average molecular weight is 251 g/mol. The Morgan fingerprint density at radius 2 is 1.41 bits per heavy atom. The first-order chi connectivity index (χ1) is 7.99. The van der Waals surface area contributed by atoms with Crippen LogP contribution in [0.4, 0.5) is 11.6 Å². The number of anilines is 2. The van der Waals surface area contributed by atoms with Crippen molar-refractivity contribution < 1.29 is 0 Å². The molecule has 0 fully saturated rings. The van der Waals surface area contributed by atoms with Gasteiger partial charge in [0.2, 0.25) is 0 Å². The van der Waals surface area contributed by atoms with Crippen LogP contribution in [0, 0.1) is 0 Å². The number of nitrogens with zero attached hydrogens (tertiary/aromatic N) is 4. The van der Waals surface area contributed by atoms with Gasteiger partial charge in [-0.25, -0.2) is 9.97 Å². The van der Waals surface area contributed by atoms with E-state index < -0.39 is 0 Å². The summed E-state index contributed by atoms with van der Waals surface area (Å²) in [5, 5.41) is 0.675. The highest BCUT2D eigenvalue weighted by atomic mass is 35.5.